The number of carbonyl (C=O) groups excluding carboxylic acids is 1. The van der Waals surface area contributed by atoms with Crippen molar-refractivity contribution in [3.05, 3.63) is 12.3 Å². The molecule has 1 aliphatic rings. The molecule has 1 unspecified atom stereocenters. The maximum absolute atomic E-state index is 11.1. The van der Waals surface area contributed by atoms with Crippen LogP contribution in [0.3, 0.4) is 0 Å². The van der Waals surface area contributed by atoms with Crippen LogP contribution in [0.1, 0.15) is 60.3 Å². The van der Waals surface area contributed by atoms with Gasteiger partial charge in [0.15, 0.2) is 0 Å². The third-order valence-corrected chi connectivity index (χ3v) is 1.96. The Labute approximate surface area is 95.1 Å². The monoisotopic (exact) mass is 213 g/mol. The van der Waals surface area contributed by atoms with E-state index in [1.54, 1.807) is 0 Å². The largest absolute Gasteiger partial charge is 0.330 e. The second-order valence-electron chi connectivity index (χ2n) is 3.44. The molecule has 1 amide bonds. The maximum Gasteiger partial charge on any atom is 0.227 e. The highest BCUT2D eigenvalue weighted by Crippen LogP contribution is 2.18. The first-order valence-corrected chi connectivity index (χ1v) is 6.14. The number of rotatable bonds is 1. The van der Waals surface area contributed by atoms with Crippen LogP contribution >= 0.6 is 0 Å². The summed E-state index contributed by atoms with van der Waals surface area (Å²) in [7, 11) is 0. The average Bonchev–Trinajstić information content (AvgIpc) is 2.22. The second-order valence-corrected chi connectivity index (χ2v) is 3.44. The van der Waals surface area contributed by atoms with Gasteiger partial charge in [0.25, 0.3) is 0 Å². The highest BCUT2D eigenvalue weighted by Gasteiger charge is 2.21. The van der Waals surface area contributed by atoms with E-state index in [9.17, 15) is 4.79 Å². The molecule has 1 fully saturated rings. The standard InChI is InChI=1S/C8H13NO.C3H8.C2H6/c1-3-7-5-4-6(2)9-8(7)10;1-3-2;1-2/h7H,2-5H2,1H3,(H,9,10);3H2,1-2H3;1-2H3. The lowest BCUT2D eigenvalue weighted by atomic mass is 9.95. The van der Waals surface area contributed by atoms with Crippen LogP contribution in [0.2, 0.25) is 0 Å². The number of hydrogen-bond acceptors (Lipinski definition) is 1. The van der Waals surface area contributed by atoms with Gasteiger partial charge in [0.1, 0.15) is 0 Å². The molecule has 1 N–H and O–H groups in total. The number of amides is 1. The zero-order chi connectivity index (χ0) is 12.3. The van der Waals surface area contributed by atoms with Crippen LogP contribution in [-0.4, -0.2) is 5.91 Å². The van der Waals surface area contributed by atoms with E-state index >= 15 is 0 Å². The Kier molecular flexibility index (Phi) is 12.5. The number of allylic oxidation sites excluding steroid dienone is 1. The predicted octanol–water partition coefficient (Wildman–Crippen LogP) is 3.88. The molecule has 90 valence electrons. The molecule has 1 saturated heterocycles. The Balaban J connectivity index is 0. The van der Waals surface area contributed by atoms with Crippen molar-refractivity contribution in [3.63, 3.8) is 0 Å². The number of carbonyl (C=O) groups is 1. The predicted molar refractivity (Wildman–Crippen MR) is 67.6 cm³/mol. The average molecular weight is 213 g/mol. The van der Waals surface area contributed by atoms with Gasteiger partial charge < -0.3 is 5.32 Å². The van der Waals surface area contributed by atoms with Gasteiger partial charge >= 0.3 is 0 Å². The summed E-state index contributed by atoms with van der Waals surface area (Å²) in [5.41, 5.74) is 0.870. The van der Waals surface area contributed by atoms with Crippen LogP contribution in [0, 0.1) is 5.92 Å². The summed E-state index contributed by atoms with van der Waals surface area (Å²) >= 11 is 0. The van der Waals surface area contributed by atoms with E-state index in [2.05, 4.69) is 25.7 Å². The molecule has 0 aromatic rings. The fraction of sp³-hybridized carbons (Fsp3) is 0.769. The minimum absolute atomic E-state index is 0.152. The molecule has 2 nitrogen and oxygen atoms in total. The topological polar surface area (TPSA) is 29.1 Å². The zero-order valence-corrected chi connectivity index (χ0v) is 11.0. The van der Waals surface area contributed by atoms with E-state index in [0.29, 0.717) is 0 Å². The molecule has 1 aliphatic heterocycles. The Hall–Kier alpha value is -0.790. The van der Waals surface area contributed by atoms with E-state index in [4.69, 9.17) is 0 Å². The first-order chi connectivity index (χ1) is 7.15. The van der Waals surface area contributed by atoms with Gasteiger partial charge in [0.2, 0.25) is 5.91 Å². The van der Waals surface area contributed by atoms with Crippen molar-refractivity contribution < 1.29 is 4.79 Å². The quantitative estimate of drug-likeness (QED) is 0.703. The number of piperidine rings is 1. The molecule has 1 rings (SSSR count). The minimum atomic E-state index is 0.152. The Morgan fingerprint density at radius 1 is 1.33 bits per heavy atom. The fourth-order valence-corrected chi connectivity index (χ4v) is 1.21. The minimum Gasteiger partial charge on any atom is -0.330 e. The van der Waals surface area contributed by atoms with E-state index in [1.165, 1.54) is 6.42 Å². The van der Waals surface area contributed by atoms with Gasteiger partial charge in [-0.2, -0.15) is 0 Å². The summed E-state index contributed by atoms with van der Waals surface area (Å²) in [6, 6.07) is 0. The molecular formula is C13H27NO. The fourth-order valence-electron chi connectivity index (χ4n) is 1.21. The normalized spacial score (nSPS) is 19.1. The molecule has 0 spiro atoms. The number of hydrogen-bond donors (Lipinski definition) is 1. The van der Waals surface area contributed by atoms with E-state index in [1.807, 2.05) is 20.8 Å². The van der Waals surface area contributed by atoms with Crippen molar-refractivity contribution in [1.82, 2.24) is 5.32 Å². The molecule has 0 aliphatic carbocycles. The van der Waals surface area contributed by atoms with Crippen LogP contribution in [0.25, 0.3) is 0 Å². The summed E-state index contributed by atoms with van der Waals surface area (Å²) in [5, 5.41) is 2.75. The van der Waals surface area contributed by atoms with Crippen LogP contribution in [0.4, 0.5) is 0 Å². The Morgan fingerprint density at radius 3 is 2.13 bits per heavy atom. The molecule has 0 bridgehead atoms. The maximum atomic E-state index is 11.1. The van der Waals surface area contributed by atoms with Crippen molar-refractivity contribution in [2.24, 2.45) is 5.92 Å². The number of nitrogens with one attached hydrogen (secondary N) is 1. The molecule has 15 heavy (non-hydrogen) atoms. The summed E-state index contributed by atoms with van der Waals surface area (Å²) in [6.45, 7) is 14.0. The lowest BCUT2D eigenvalue weighted by molar-refractivity contribution is -0.125. The van der Waals surface area contributed by atoms with Crippen molar-refractivity contribution >= 4 is 5.91 Å². The van der Waals surface area contributed by atoms with Gasteiger partial charge in [-0.3, -0.25) is 4.79 Å². The third-order valence-electron chi connectivity index (χ3n) is 1.96. The highest BCUT2D eigenvalue weighted by molar-refractivity contribution is 5.81. The molecule has 1 atom stereocenters. The van der Waals surface area contributed by atoms with Crippen molar-refractivity contribution in [1.29, 1.82) is 0 Å². The molecule has 0 radical (unpaired) electrons. The summed E-state index contributed by atoms with van der Waals surface area (Å²) < 4.78 is 0. The summed E-state index contributed by atoms with van der Waals surface area (Å²) in [6.07, 6.45) is 4.12. The van der Waals surface area contributed by atoms with Gasteiger partial charge in [0.05, 0.1) is 0 Å². The Morgan fingerprint density at radius 2 is 1.80 bits per heavy atom. The molecular weight excluding hydrogens is 186 g/mol. The smallest absolute Gasteiger partial charge is 0.227 e. The van der Waals surface area contributed by atoms with Crippen LogP contribution in [-0.2, 0) is 4.79 Å². The molecule has 1 heterocycles. The van der Waals surface area contributed by atoms with Gasteiger partial charge in [-0.15, -0.1) is 0 Å². The van der Waals surface area contributed by atoms with Crippen LogP contribution in [0.5, 0.6) is 0 Å². The van der Waals surface area contributed by atoms with Gasteiger partial charge in [-0.1, -0.05) is 47.6 Å². The van der Waals surface area contributed by atoms with Gasteiger partial charge in [-0.25, -0.2) is 0 Å². The molecule has 0 saturated carbocycles. The van der Waals surface area contributed by atoms with Crippen molar-refractivity contribution in [3.8, 4) is 0 Å². The molecule has 2 heteroatoms. The Bertz CT molecular complexity index is 175. The summed E-state index contributed by atoms with van der Waals surface area (Å²) in [5.74, 6) is 0.379. The lowest BCUT2D eigenvalue weighted by Gasteiger charge is -2.21. The zero-order valence-electron chi connectivity index (χ0n) is 11.0. The first kappa shape index (κ1) is 16.6. The lowest BCUT2D eigenvalue weighted by Crippen LogP contribution is -2.34. The van der Waals surface area contributed by atoms with Crippen molar-refractivity contribution in [2.75, 3.05) is 0 Å². The summed E-state index contributed by atoms with van der Waals surface area (Å²) in [4.78, 5) is 11.1. The van der Waals surface area contributed by atoms with Crippen LogP contribution < -0.4 is 5.32 Å². The van der Waals surface area contributed by atoms with Crippen molar-refractivity contribution in [2.45, 2.75) is 60.3 Å². The highest BCUT2D eigenvalue weighted by atomic mass is 16.1. The van der Waals surface area contributed by atoms with Gasteiger partial charge in [0, 0.05) is 11.6 Å². The van der Waals surface area contributed by atoms with Crippen LogP contribution in [0.15, 0.2) is 12.3 Å². The molecule has 0 aromatic carbocycles. The van der Waals surface area contributed by atoms with E-state index in [0.717, 1.165) is 25.0 Å². The third kappa shape index (κ3) is 8.22. The first-order valence-electron chi connectivity index (χ1n) is 6.14. The van der Waals surface area contributed by atoms with E-state index in [-0.39, 0.29) is 11.8 Å². The SMILES string of the molecule is C=C1CCC(CC)C(=O)N1.CC.CCC. The second kappa shape index (κ2) is 11.3. The van der Waals surface area contributed by atoms with E-state index < -0.39 is 0 Å². The molecule has 0 aromatic heterocycles. The van der Waals surface area contributed by atoms with Gasteiger partial charge in [-0.05, 0) is 19.3 Å².